The van der Waals surface area contributed by atoms with Crippen molar-refractivity contribution in [2.75, 3.05) is 5.75 Å². The van der Waals surface area contributed by atoms with Gasteiger partial charge in [-0.25, -0.2) is 4.21 Å². The normalized spacial score (nSPS) is 12.8. The minimum Gasteiger partial charge on any atom is -0.435 e. The summed E-state index contributed by atoms with van der Waals surface area (Å²) in [6, 6.07) is 5.98. The van der Waals surface area contributed by atoms with E-state index in [1.165, 1.54) is 12.1 Å². The van der Waals surface area contributed by atoms with Crippen molar-refractivity contribution in [3.63, 3.8) is 0 Å². The van der Waals surface area contributed by atoms with Crippen LogP contribution in [-0.2, 0) is 17.5 Å². The van der Waals surface area contributed by atoms with E-state index in [1.807, 2.05) is 0 Å². The lowest BCUT2D eigenvalue weighted by Gasteiger charge is -2.04. The molecular formula is C9H10F2O3S. The van der Waals surface area contributed by atoms with Crippen molar-refractivity contribution >= 4 is 11.1 Å². The Balaban J connectivity index is 2.52. The summed E-state index contributed by atoms with van der Waals surface area (Å²) in [5.74, 6) is 0.216. The molecule has 0 fully saturated rings. The maximum Gasteiger partial charge on any atom is 0.387 e. The predicted molar refractivity (Wildman–Crippen MR) is 52.4 cm³/mol. The smallest absolute Gasteiger partial charge is 0.387 e. The summed E-state index contributed by atoms with van der Waals surface area (Å²) in [5.41, 5.74) is 0.805. The monoisotopic (exact) mass is 236 g/mol. The first-order chi connectivity index (χ1) is 7.08. The van der Waals surface area contributed by atoms with E-state index in [1.54, 1.807) is 12.1 Å². The first kappa shape index (κ1) is 12.1. The van der Waals surface area contributed by atoms with E-state index in [2.05, 4.69) is 4.74 Å². The summed E-state index contributed by atoms with van der Waals surface area (Å²) in [6.45, 7) is -2.83. The van der Waals surface area contributed by atoms with Gasteiger partial charge >= 0.3 is 6.61 Å². The Hall–Kier alpha value is -1.01. The molecule has 3 nitrogen and oxygen atoms in total. The second kappa shape index (κ2) is 5.77. The van der Waals surface area contributed by atoms with Crippen molar-refractivity contribution in [3.05, 3.63) is 29.8 Å². The van der Waals surface area contributed by atoms with Gasteiger partial charge in [-0.15, -0.1) is 0 Å². The Morgan fingerprint density at radius 3 is 2.40 bits per heavy atom. The van der Waals surface area contributed by atoms with Crippen molar-refractivity contribution in [2.45, 2.75) is 13.0 Å². The first-order valence-electron chi connectivity index (χ1n) is 4.19. The molecule has 1 N–H and O–H groups in total. The van der Waals surface area contributed by atoms with Gasteiger partial charge in [-0.05, 0) is 24.1 Å². The molecule has 0 amide bonds. The summed E-state index contributed by atoms with van der Waals surface area (Å²) in [4.78, 5) is 0. The number of hydrogen-bond donors (Lipinski definition) is 1. The number of halogens is 2. The van der Waals surface area contributed by atoms with E-state index in [4.69, 9.17) is 4.55 Å². The molecule has 84 valence electrons. The Labute approximate surface area is 88.3 Å². The van der Waals surface area contributed by atoms with Crippen molar-refractivity contribution < 1.29 is 22.3 Å². The molecule has 0 saturated carbocycles. The molecule has 1 unspecified atom stereocenters. The number of aryl methyl sites for hydroxylation is 1. The van der Waals surface area contributed by atoms with Crippen LogP contribution in [0.4, 0.5) is 8.78 Å². The van der Waals surface area contributed by atoms with Gasteiger partial charge in [0.25, 0.3) is 0 Å². The van der Waals surface area contributed by atoms with Crippen LogP contribution in [0.2, 0.25) is 0 Å². The third kappa shape index (κ3) is 4.85. The van der Waals surface area contributed by atoms with Crippen LogP contribution in [0.1, 0.15) is 5.56 Å². The second-order valence-electron chi connectivity index (χ2n) is 2.80. The Kier molecular flexibility index (Phi) is 4.64. The molecule has 15 heavy (non-hydrogen) atoms. The van der Waals surface area contributed by atoms with Crippen LogP contribution in [-0.4, -0.2) is 21.1 Å². The molecule has 0 heterocycles. The molecule has 0 bridgehead atoms. The molecule has 0 aromatic heterocycles. The molecular weight excluding hydrogens is 226 g/mol. The Bertz CT molecular complexity index is 327. The first-order valence-corrected chi connectivity index (χ1v) is 5.46. The van der Waals surface area contributed by atoms with E-state index in [0.29, 0.717) is 6.42 Å². The number of benzene rings is 1. The minimum absolute atomic E-state index is 0.0823. The van der Waals surface area contributed by atoms with Gasteiger partial charge in [-0.3, -0.25) is 0 Å². The van der Waals surface area contributed by atoms with Crippen molar-refractivity contribution in [1.29, 1.82) is 0 Å². The van der Waals surface area contributed by atoms with Gasteiger partial charge in [0, 0.05) is 0 Å². The summed E-state index contributed by atoms with van der Waals surface area (Å²) in [6.07, 6.45) is 0.429. The highest BCUT2D eigenvalue weighted by Crippen LogP contribution is 2.15. The SMILES string of the molecule is O=S(O)CCc1ccc(OC(F)F)cc1. The third-order valence-electron chi connectivity index (χ3n) is 1.71. The number of hydrogen-bond acceptors (Lipinski definition) is 2. The molecule has 0 aliphatic rings. The summed E-state index contributed by atoms with van der Waals surface area (Å²) in [5, 5.41) is 0. The van der Waals surface area contributed by atoms with E-state index >= 15 is 0 Å². The third-order valence-corrected chi connectivity index (χ3v) is 2.27. The second-order valence-corrected chi connectivity index (χ2v) is 3.85. The van der Waals surface area contributed by atoms with Crippen LogP contribution < -0.4 is 4.74 Å². The Morgan fingerprint density at radius 2 is 1.93 bits per heavy atom. The highest BCUT2D eigenvalue weighted by Gasteiger charge is 2.03. The van der Waals surface area contributed by atoms with Crippen molar-refractivity contribution in [3.8, 4) is 5.75 Å². The van der Waals surface area contributed by atoms with Crippen LogP contribution in [0.25, 0.3) is 0 Å². The number of alkyl halides is 2. The minimum atomic E-state index is -2.83. The van der Waals surface area contributed by atoms with Crippen LogP contribution in [0.5, 0.6) is 5.75 Å². The van der Waals surface area contributed by atoms with Gasteiger partial charge in [0.1, 0.15) is 5.75 Å². The summed E-state index contributed by atoms with van der Waals surface area (Å²) in [7, 11) is 0. The topological polar surface area (TPSA) is 46.5 Å². The van der Waals surface area contributed by atoms with Gasteiger partial charge in [0.05, 0.1) is 5.75 Å². The van der Waals surface area contributed by atoms with Crippen LogP contribution >= 0.6 is 0 Å². The fraction of sp³-hybridized carbons (Fsp3) is 0.333. The molecule has 1 aromatic rings. The van der Waals surface area contributed by atoms with Gasteiger partial charge in [-0.1, -0.05) is 12.1 Å². The quantitative estimate of drug-likeness (QED) is 0.796. The maximum atomic E-state index is 11.8. The molecule has 0 aliphatic carbocycles. The lowest BCUT2D eigenvalue weighted by atomic mass is 10.2. The van der Waals surface area contributed by atoms with Crippen LogP contribution in [0, 0.1) is 0 Å². The standard InChI is InChI=1S/C9H10F2O3S/c10-9(11)14-8-3-1-7(2-4-8)5-6-15(12)13/h1-4,9H,5-6H2,(H,12,13). The zero-order valence-corrected chi connectivity index (χ0v) is 8.55. The van der Waals surface area contributed by atoms with E-state index in [0.717, 1.165) is 5.56 Å². The molecule has 6 heteroatoms. The summed E-state index contributed by atoms with van der Waals surface area (Å²) >= 11 is -1.83. The van der Waals surface area contributed by atoms with Gasteiger partial charge in [0.2, 0.25) is 0 Å². The average Bonchev–Trinajstić information content (AvgIpc) is 2.16. The number of ether oxygens (including phenoxy) is 1. The zero-order valence-electron chi connectivity index (χ0n) is 7.73. The van der Waals surface area contributed by atoms with E-state index < -0.39 is 17.7 Å². The molecule has 1 rings (SSSR count). The van der Waals surface area contributed by atoms with Crippen LogP contribution in [0.15, 0.2) is 24.3 Å². The van der Waals surface area contributed by atoms with Crippen LogP contribution in [0.3, 0.4) is 0 Å². The van der Waals surface area contributed by atoms with E-state index in [9.17, 15) is 13.0 Å². The number of rotatable bonds is 5. The molecule has 1 aromatic carbocycles. The molecule has 0 aliphatic heterocycles. The van der Waals surface area contributed by atoms with Crippen molar-refractivity contribution in [2.24, 2.45) is 0 Å². The van der Waals surface area contributed by atoms with Gasteiger partial charge < -0.3 is 9.29 Å². The van der Waals surface area contributed by atoms with E-state index in [-0.39, 0.29) is 11.5 Å². The fourth-order valence-electron chi connectivity index (χ4n) is 1.04. The molecule has 0 spiro atoms. The lowest BCUT2D eigenvalue weighted by Crippen LogP contribution is -2.02. The van der Waals surface area contributed by atoms with Gasteiger partial charge in [0.15, 0.2) is 11.1 Å². The highest BCUT2D eigenvalue weighted by atomic mass is 32.2. The maximum absolute atomic E-state index is 11.8. The Morgan fingerprint density at radius 1 is 1.33 bits per heavy atom. The predicted octanol–water partition coefficient (Wildman–Crippen LogP) is 2.05. The van der Waals surface area contributed by atoms with Gasteiger partial charge in [-0.2, -0.15) is 8.78 Å². The fourth-order valence-corrected chi connectivity index (χ4v) is 1.45. The lowest BCUT2D eigenvalue weighted by molar-refractivity contribution is -0.0498. The zero-order chi connectivity index (χ0) is 11.3. The molecule has 1 atom stereocenters. The highest BCUT2D eigenvalue weighted by molar-refractivity contribution is 7.79. The summed E-state index contributed by atoms with van der Waals surface area (Å²) < 4.78 is 46.6. The van der Waals surface area contributed by atoms with Crippen molar-refractivity contribution in [1.82, 2.24) is 0 Å². The average molecular weight is 236 g/mol. The molecule has 0 saturated heterocycles. The molecule has 0 radical (unpaired) electrons. The largest absolute Gasteiger partial charge is 0.435 e.